The summed E-state index contributed by atoms with van der Waals surface area (Å²) in [6.45, 7) is 2.25. The van der Waals surface area contributed by atoms with Crippen molar-refractivity contribution in [2.24, 2.45) is 0 Å². The lowest BCUT2D eigenvalue weighted by atomic mass is 10.1. The highest BCUT2D eigenvalue weighted by atomic mass is 35.5. The highest BCUT2D eigenvalue weighted by Gasteiger charge is 2.25. The van der Waals surface area contributed by atoms with Gasteiger partial charge in [0, 0.05) is 50.4 Å². The summed E-state index contributed by atoms with van der Waals surface area (Å²) in [5.41, 5.74) is 1.35. The van der Waals surface area contributed by atoms with Crippen LogP contribution in [0.4, 0.5) is 14.5 Å². The number of aromatic nitrogens is 1. The lowest BCUT2D eigenvalue weighted by Gasteiger charge is -2.35. The minimum Gasteiger partial charge on any atom is -0.336 e. The smallest absolute Gasteiger partial charge is 0.264 e. The summed E-state index contributed by atoms with van der Waals surface area (Å²) in [6, 6.07) is 16.2. The molecule has 196 valence electrons. The van der Waals surface area contributed by atoms with Crippen LogP contribution in [0.25, 0.3) is 10.9 Å². The van der Waals surface area contributed by atoms with Gasteiger partial charge in [-0.15, -0.1) is 0 Å². The first-order valence-corrected chi connectivity index (χ1v) is 13.7. The van der Waals surface area contributed by atoms with Gasteiger partial charge in [0.05, 0.1) is 21.8 Å². The predicted molar refractivity (Wildman–Crippen MR) is 142 cm³/mol. The van der Waals surface area contributed by atoms with Gasteiger partial charge in [0.25, 0.3) is 15.9 Å². The zero-order valence-electron chi connectivity index (χ0n) is 20.1. The fourth-order valence-corrected chi connectivity index (χ4v) is 5.99. The molecule has 11 heteroatoms. The predicted octanol–water partition coefficient (Wildman–Crippen LogP) is 4.93. The van der Waals surface area contributed by atoms with Crippen LogP contribution in [-0.4, -0.2) is 55.3 Å². The summed E-state index contributed by atoms with van der Waals surface area (Å²) in [6.07, 6.45) is 1.53. The molecule has 4 aromatic rings. The zero-order chi connectivity index (χ0) is 26.9. The first-order valence-electron chi connectivity index (χ1n) is 11.8. The van der Waals surface area contributed by atoms with Crippen LogP contribution in [0.1, 0.15) is 15.9 Å². The second-order valence-corrected chi connectivity index (χ2v) is 11.0. The van der Waals surface area contributed by atoms with E-state index in [0.717, 1.165) is 6.07 Å². The number of anilines is 1. The van der Waals surface area contributed by atoms with Crippen LogP contribution in [0.15, 0.2) is 77.8 Å². The van der Waals surface area contributed by atoms with E-state index < -0.39 is 21.7 Å². The molecule has 0 saturated carbocycles. The number of hydrogen-bond acceptors (Lipinski definition) is 5. The van der Waals surface area contributed by atoms with Gasteiger partial charge < -0.3 is 4.90 Å². The van der Waals surface area contributed by atoms with Crippen LogP contribution in [0.5, 0.6) is 0 Å². The van der Waals surface area contributed by atoms with Gasteiger partial charge in [-0.25, -0.2) is 17.2 Å². The van der Waals surface area contributed by atoms with Crippen molar-refractivity contribution in [3.63, 3.8) is 0 Å². The van der Waals surface area contributed by atoms with Crippen LogP contribution in [0.3, 0.4) is 0 Å². The fraction of sp³-hybridized carbons (Fsp3) is 0.185. The molecule has 0 radical (unpaired) electrons. The van der Waals surface area contributed by atoms with E-state index >= 15 is 0 Å². The summed E-state index contributed by atoms with van der Waals surface area (Å²) in [5, 5.41) is 0.807. The molecule has 0 aliphatic carbocycles. The molecule has 3 aromatic carbocycles. The zero-order valence-corrected chi connectivity index (χ0v) is 21.6. The van der Waals surface area contributed by atoms with E-state index in [2.05, 4.69) is 9.71 Å². The van der Waals surface area contributed by atoms with Gasteiger partial charge in [-0.2, -0.15) is 0 Å². The Hall–Kier alpha value is -3.60. The maximum absolute atomic E-state index is 13.5. The molecule has 1 fully saturated rings. The number of para-hydroxylation sites is 1. The number of halogens is 3. The molecule has 1 N–H and O–H groups in total. The van der Waals surface area contributed by atoms with Crippen LogP contribution >= 0.6 is 11.6 Å². The number of hydrogen-bond donors (Lipinski definition) is 1. The molecular weight excluding hydrogens is 534 g/mol. The second-order valence-electron chi connectivity index (χ2n) is 8.98. The fourth-order valence-electron chi connectivity index (χ4n) is 4.50. The molecule has 0 unspecified atom stereocenters. The van der Waals surface area contributed by atoms with Crippen molar-refractivity contribution in [2.75, 3.05) is 30.9 Å². The Morgan fingerprint density at radius 3 is 2.37 bits per heavy atom. The number of carbonyl (C=O) groups is 1. The molecule has 1 aliphatic rings. The number of nitrogens with zero attached hydrogens (tertiary/aromatic N) is 3. The molecule has 1 saturated heterocycles. The highest BCUT2D eigenvalue weighted by molar-refractivity contribution is 7.93. The standard InChI is InChI=1S/C27H23ClF2N4O3S/c28-24-16-22(32-38(36,37)25-5-1-3-19-4-2-8-31-26(19)25)6-7-23(24)27(35)34-11-9-33(10-12-34)17-18-13-20(29)15-21(30)14-18/h1-8,13-16,32H,9-12,17H2. The lowest BCUT2D eigenvalue weighted by Crippen LogP contribution is -2.48. The quantitative estimate of drug-likeness (QED) is 0.364. The summed E-state index contributed by atoms with van der Waals surface area (Å²) < 4.78 is 55.6. The Balaban J connectivity index is 1.25. The highest BCUT2D eigenvalue weighted by Crippen LogP contribution is 2.27. The van der Waals surface area contributed by atoms with Crippen molar-refractivity contribution in [2.45, 2.75) is 11.4 Å². The molecule has 1 aromatic heterocycles. The molecule has 0 atom stereocenters. The van der Waals surface area contributed by atoms with Gasteiger partial charge in [-0.05, 0) is 48.0 Å². The van der Waals surface area contributed by atoms with Gasteiger partial charge in [-0.1, -0.05) is 29.8 Å². The van der Waals surface area contributed by atoms with Crippen molar-refractivity contribution < 1.29 is 22.0 Å². The molecule has 1 aliphatic heterocycles. The number of carbonyl (C=O) groups excluding carboxylic acids is 1. The van der Waals surface area contributed by atoms with Crippen molar-refractivity contribution in [3.8, 4) is 0 Å². The van der Waals surface area contributed by atoms with Gasteiger partial charge in [0.2, 0.25) is 0 Å². The molecule has 1 amide bonds. The van der Waals surface area contributed by atoms with Gasteiger partial charge >= 0.3 is 0 Å². The monoisotopic (exact) mass is 556 g/mol. The lowest BCUT2D eigenvalue weighted by molar-refractivity contribution is 0.0628. The third kappa shape index (κ3) is 5.62. The molecule has 0 bridgehead atoms. The van der Waals surface area contributed by atoms with Crippen LogP contribution in [0, 0.1) is 11.6 Å². The normalized spacial score (nSPS) is 14.6. The van der Waals surface area contributed by atoms with Crippen molar-refractivity contribution >= 4 is 44.1 Å². The average molecular weight is 557 g/mol. The Morgan fingerprint density at radius 2 is 1.66 bits per heavy atom. The van der Waals surface area contributed by atoms with E-state index in [9.17, 15) is 22.0 Å². The van der Waals surface area contributed by atoms with E-state index in [0.29, 0.717) is 49.2 Å². The third-order valence-electron chi connectivity index (χ3n) is 6.32. The maximum atomic E-state index is 13.5. The summed E-state index contributed by atoms with van der Waals surface area (Å²) in [4.78, 5) is 21.0. The first kappa shape index (κ1) is 26.0. The van der Waals surface area contributed by atoms with E-state index in [1.54, 1.807) is 29.2 Å². The summed E-state index contributed by atoms with van der Waals surface area (Å²) in [5.74, 6) is -1.52. The van der Waals surface area contributed by atoms with E-state index in [4.69, 9.17) is 11.6 Å². The molecule has 38 heavy (non-hydrogen) atoms. The van der Waals surface area contributed by atoms with Gasteiger partial charge in [0.1, 0.15) is 16.5 Å². The minimum absolute atomic E-state index is 0.0331. The largest absolute Gasteiger partial charge is 0.336 e. The Bertz CT molecular complexity index is 1600. The molecule has 5 rings (SSSR count). The molecule has 7 nitrogen and oxygen atoms in total. The summed E-state index contributed by atoms with van der Waals surface area (Å²) in [7, 11) is -3.97. The molecule has 0 spiro atoms. The minimum atomic E-state index is -3.97. The Labute approximate surface area is 223 Å². The number of sulfonamides is 1. The van der Waals surface area contributed by atoms with Crippen LogP contribution in [-0.2, 0) is 16.6 Å². The van der Waals surface area contributed by atoms with E-state index in [1.165, 1.54) is 42.6 Å². The number of rotatable bonds is 6. The average Bonchev–Trinajstić information content (AvgIpc) is 2.88. The SMILES string of the molecule is O=C(c1ccc(NS(=O)(=O)c2cccc3cccnc23)cc1Cl)N1CCN(Cc2cc(F)cc(F)c2)CC1. The number of pyridine rings is 1. The van der Waals surface area contributed by atoms with Crippen LogP contribution < -0.4 is 4.72 Å². The first-order chi connectivity index (χ1) is 18.2. The van der Waals surface area contributed by atoms with Gasteiger partial charge in [0.15, 0.2) is 0 Å². The Morgan fingerprint density at radius 1 is 0.947 bits per heavy atom. The topological polar surface area (TPSA) is 82.6 Å². The van der Waals surface area contributed by atoms with Crippen molar-refractivity contribution in [1.29, 1.82) is 0 Å². The van der Waals surface area contributed by atoms with Gasteiger partial charge in [-0.3, -0.25) is 19.4 Å². The summed E-state index contributed by atoms with van der Waals surface area (Å²) >= 11 is 6.40. The number of nitrogens with one attached hydrogen (secondary N) is 1. The number of benzene rings is 3. The third-order valence-corrected chi connectivity index (χ3v) is 8.05. The number of fused-ring (bicyclic) bond motifs is 1. The van der Waals surface area contributed by atoms with Crippen molar-refractivity contribution in [1.82, 2.24) is 14.8 Å². The molecule has 2 heterocycles. The van der Waals surface area contributed by atoms with Crippen molar-refractivity contribution in [3.05, 3.63) is 101 Å². The van der Waals surface area contributed by atoms with Crippen LogP contribution in [0.2, 0.25) is 5.02 Å². The number of amides is 1. The second kappa shape index (κ2) is 10.6. The Kier molecular flexibility index (Phi) is 7.29. The number of piperazine rings is 1. The van der Waals surface area contributed by atoms with E-state index in [1.807, 2.05) is 4.90 Å². The van der Waals surface area contributed by atoms with E-state index in [-0.39, 0.29) is 27.1 Å². The molecular formula is C27H23ClF2N4O3S. The maximum Gasteiger partial charge on any atom is 0.264 e.